The van der Waals surface area contributed by atoms with Crippen LogP contribution in [0.2, 0.25) is 0 Å². The predicted molar refractivity (Wildman–Crippen MR) is 139 cm³/mol. The zero-order valence-electron chi connectivity index (χ0n) is 21.1. The van der Waals surface area contributed by atoms with Crippen LogP contribution in [0.3, 0.4) is 0 Å². The third kappa shape index (κ3) is 7.06. The van der Waals surface area contributed by atoms with Crippen molar-refractivity contribution in [1.29, 1.82) is 0 Å². The summed E-state index contributed by atoms with van der Waals surface area (Å²) in [4.78, 5) is 62.9. The Bertz CT molecular complexity index is 1610. The summed E-state index contributed by atoms with van der Waals surface area (Å²) < 4.78 is 37.6. The minimum Gasteiger partial charge on any atom is -0.468 e. The number of esters is 2. The molecule has 0 radical (unpaired) electrons. The van der Waals surface area contributed by atoms with Crippen molar-refractivity contribution < 1.29 is 32.3 Å². The first kappa shape index (κ1) is 29.0. The van der Waals surface area contributed by atoms with Crippen molar-refractivity contribution >= 4 is 33.6 Å². The second kappa shape index (κ2) is 12.3. The maximum atomic E-state index is 13.0. The number of nitrogens with two attached hydrogens (primary N) is 1. The number of sulfonamides is 1. The van der Waals surface area contributed by atoms with Gasteiger partial charge in [0.2, 0.25) is 15.8 Å². The Hall–Kier alpha value is -4.56. The molecular weight excluding hydrogens is 532 g/mol. The molecule has 0 fully saturated rings. The predicted octanol–water partition coefficient (Wildman–Crippen LogP) is -0.174. The zero-order chi connectivity index (χ0) is 28.7. The number of hydrogen-bond donors (Lipinski definition) is 2. The van der Waals surface area contributed by atoms with E-state index in [4.69, 9.17) is 10.5 Å². The normalized spacial score (nSPS) is 11.1. The molecule has 0 aliphatic rings. The van der Waals surface area contributed by atoms with E-state index >= 15 is 0 Å². The Kier molecular flexibility index (Phi) is 9.16. The van der Waals surface area contributed by atoms with E-state index in [1.807, 2.05) is 0 Å². The largest absolute Gasteiger partial charge is 0.468 e. The maximum absolute atomic E-state index is 13.0. The van der Waals surface area contributed by atoms with Crippen LogP contribution in [0.1, 0.15) is 21.5 Å². The van der Waals surface area contributed by atoms with Gasteiger partial charge in [-0.25, -0.2) is 17.8 Å². The van der Waals surface area contributed by atoms with Crippen molar-refractivity contribution in [1.82, 2.24) is 13.9 Å². The summed E-state index contributed by atoms with van der Waals surface area (Å²) in [5, 5.41) is 0. The number of nitrogen functional groups attached to an aromatic ring is 1. The van der Waals surface area contributed by atoms with Crippen molar-refractivity contribution in [2.75, 3.05) is 26.0 Å². The van der Waals surface area contributed by atoms with Crippen molar-refractivity contribution in [3.63, 3.8) is 0 Å². The molecule has 2 aromatic carbocycles. The molecule has 0 aliphatic carbocycles. The number of benzene rings is 2. The highest BCUT2D eigenvalue weighted by Gasteiger charge is 2.25. The zero-order valence-corrected chi connectivity index (χ0v) is 21.9. The minimum absolute atomic E-state index is 0.0726. The number of hydrogen-bond acceptors (Lipinski definition) is 10. The number of ether oxygens (including phenoxy) is 2. The Morgan fingerprint density at radius 1 is 0.949 bits per heavy atom. The number of methoxy groups -OCH3 is 1. The van der Waals surface area contributed by atoms with Gasteiger partial charge in [-0.3, -0.25) is 23.7 Å². The van der Waals surface area contributed by atoms with E-state index in [2.05, 4.69) is 9.46 Å². The van der Waals surface area contributed by atoms with Gasteiger partial charge in [0.25, 0.3) is 5.56 Å². The average Bonchev–Trinajstić information content (AvgIpc) is 2.92. The monoisotopic (exact) mass is 558 g/mol. The molecule has 0 aliphatic heterocycles. The lowest BCUT2D eigenvalue weighted by Gasteiger charge is -2.16. The van der Waals surface area contributed by atoms with Crippen LogP contribution >= 0.6 is 0 Å². The van der Waals surface area contributed by atoms with Crippen LogP contribution < -0.4 is 21.7 Å². The van der Waals surface area contributed by atoms with Crippen LogP contribution in [0.5, 0.6) is 0 Å². The lowest BCUT2D eigenvalue weighted by Crippen LogP contribution is -2.46. The number of nitrogens with one attached hydrogen (secondary N) is 1. The molecule has 1 heterocycles. The number of carbonyl (C=O) groups is 3. The molecule has 0 saturated heterocycles. The Morgan fingerprint density at radius 3 is 2.21 bits per heavy atom. The first-order chi connectivity index (χ1) is 18.4. The fourth-order valence-electron chi connectivity index (χ4n) is 3.45. The second-order valence-corrected chi connectivity index (χ2v) is 10.1. The summed E-state index contributed by atoms with van der Waals surface area (Å²) in [5.41, 5.74) is 4.69. The van der Waals surface area contributed by atoms with Gasteiger partial charge in [0.15, 0.2) is 6.61 Å². The molecule has 14 heteroatoms. The van der Waals surface area contributed by atoms with Crippen LogP contribution in [0, 0.1) is 6.92 Å². The minimum atomic E-state index is -4.03. The molecule has 0 spiro atoms. The molecular formula is C25H26N4O9S. The van der Waals surface area contributed by atoms with Crippen molar-refractivity contribution in [3.05, 3.63) is 92.1 Å². The van der Waals surface area contributed by atoms with Gasteiger partial charge >= 0.3 is 17.6 Å². The van der Waals surface area contributed by atoms with Crippen molar-refractivity contribution in [2.24, 2.45) is 0 Å². The molecule has 206 valence electrons. The van der Waals surface area contributed by atoms with Gasteiger partial charge in [-0.1, -0.05) is 48.0 Å². The van der Waals surface area contributed by atoms with Crippen molar-refractivity contribution in [2.45, 2.75) is 24.9 Å². The molecule has 3 aromatic rings. The Morgan fingerprint density at radius 2 is 1.59 bits per heavy atom. The highest BCUT2D eigenvalue weighted by Crippen LogP contribution is 2.11. The highest BCUT2D eigenvalue weighted by molar-refractivity contribution is 7.89. The van der Waals surface area contributed by atoms with Gasteiger partial charge in [-0.2, -0.15) is 4.72 Å². The number of nitrogens with zero attached hydrogens (tertiary/aromatic N) is 2. The number of rotatable bonds is 11. The molecule has 13 nitrogen and oxygen atoms in total. The first-order valence-corrected chi connectivity index (χ1v) is 12.9. The molecule has 0 bridgehead atoms. The second-order valence-electron chi connectivity index (χ2n) is 8.30. The maximum Gasteiger partial charge on any atom is 0.333 e. The average molecular weight is 559 g/mol. The van der Waals surface area contributed by atoms with Gasteiger partial charge in [0.05, 0.1) is 18.6 Å². The molecule has 0 atom stereocenters. The van der Waals surface area contributed by atoms with Crippen LogP contribution in [-0.4, -0.2) is 55.5 Å². The van der Waals surface area contributed by atoms with E-state index in [-0.39, 0.29) is 11.4 Å². The summed E-state index contributed by atoms with van der Waals surface area (Å²) in [6.07, 6.45) is 0. The van der Waals surface area contributed by atoms with E-state index in [0.29, 0.717) is 10.1 Å². The van der Waals surface area contributed by atoms with E-state index in [0.717, 1.165) is 17.2 Å². The van der Waals surface area contributed by atoms with Crippen molar-refractivity contribution in [3.8, 4) is 0 Å². The van der Waals surface area contributed by atoms with Gasteiger partial charge < -0.3 is 15.2 Å². The van der Waals surface area contributed by atoms with Crippen LogP contribution in [0.15, 0.2) is 69.1 Å². The van der Waals surface area contributed by atoms with Crippen LogP contribution in [-0.2, 0) is 42.2 Å². The number of Topliss-reactive ketones (excluding diaryl/α,β-unsaturated/α-hetero) is 1. The summed E-state index contributed by atoms with van der Waals surface area (Å²) in [7, 11) is -2.97. The summed E-state index contributed by atoms with van der Waals surface area (Å²) >= 11 is 0. The highest BCUT2D eigenvalue weighted by atomic mass is 32.2. The van der Waals surface area contributed by atoms with Crippen LogP contribution in [0.4, 0.5) is 5.82 Å². The SMILES string of the molecule is COC(=O)Cn1c(=O)c(C(=O)COC(=O)CNS(=O)(=O)c2ccc(C)cc2)c(N)n(Cc2ccccc2)c1=O. The summed E-state index contributed by atoms with van der Waals surface area (Å²) in [6, 6.07) is 14.4. The lowest BCUT2D eigenvalue weighted by molar-refractivity contribution is -0.142. The van der Waals surface area contributed by atoms with E-state index < -0.39 is 70.1 Å². The van der Waals surface area contributed by atoms with Gasteiger partial charge in [-0.15, -0.1) is 0 Å². The number of aryl methyl sites for hydroxylation is 1. The van der Waals surface area contributed by atoms with Gasteiger partial charge in [0.1, 0.15) is 24.5 Å². The fraction of sp³-hybridized carbons (Fsp3) is 0.240. The number of anilines is 1. The van der Waals surface area contributed by atoms with Gasteiger partial charge in [-0.05, 0) is 24.6 Å². The molecule has 3 rings (SSSR count). The first-order valence-electron chi connectivity index (χ1n) is 11.4. The van der Waals surface area contributed by atoms with E-state index in [9.17, 15) is 32.4 Å². The smallest absolute Gasteiger partial charge is 0.333 e. The molecule has 3 N–H and O–H groups in total. The van der Waals surface area contributed by atoms with E-state index in [1.54, 1.807) is 49.4 Å². The topological polar surface area (TPSA) is 186 Å². The third-order valence-corrected chi connectivity index (χ3v) is 6.96. The van der Waals surface area contributed by atoms with Gasteiger partial charge in [0, 0.05) is 0 Å². The summed E-state index contributed by atoms with van der Waals surface area (Å²) in [6.45, 7) is -0.911. The standard InChI is InChI=1S/C25H26N4O9S/c1-16-8-10-18(11-9-16)39(35,36)27-12-20(31)38-15-19(30)22-23(26)28(13-17-6-4-3-5-7-17)25(34)29(24(22)33)14-21(32)37-2/h3-11,27H,12-15,26H2,1-2H3. The third-order valence-electron chi connectivity index (χ3n) is 5.55. The van der Waals surface area contributed by atoms with E-state index in [1.165, 1.54) is 12.1 Å². The number of aromatic nitrogens is 2. The molecule has 0 unspecified atom stereocenters. The Labute approximate surface area is 222 Å². The Balaban J connectivity index is 1.82. The molecule has 1 aromatic heterocycles. The molecule has 0 saturated carbocycles. The number of ketones is 1. The lowest BCUT2D eigenvalue weighted by atomic mass is 10.2. The van der Waals surface area contributed by atoms with Crippen LogP contribution in [0.25, 0.3) is 0 Å². The molecule has 0 amide bonds. The summed E-state index contributed by atoms with van der Waals surface area (Å²) in [5.74, 6) is -3.58. The fourth-order valence-corrected chi connectivity index (χ4v) is 4.42. The molecule has 39 heavy (non-hydrogen) atoms. The quantitative estimate of drug-likeness (QED) is 0.236. The number of carbonyl (C=O) groups excluding carboxylic acids is 3.